The number of hydrogen-bond acceptors (Lipinski definition) is 7. The Hall–Kier alpha value is -3.56. The number of fused-ring (bicyclic) bond motifs is 1. The number of benzene rings is 3. The lowest BCUT2D eigenvalue weighted by Crippen LogP contribution is -2.15. The number of anilines is 2. The van der Waals surface area contributed by atoms with E-state index >= 15 is 0 Å². The van der Waals surface area contributed by atoms with E-state index in [0.717, 1.165) is 20.8 Å². The zero-order chi connectivity index (χ0) is 23.9. The topological polar surface area (TPSA) is 89.5 Å². The molecule has 4 rings (SSSR count). The fraction of sp³-hybridized carbons (Fsp3) is 0.160. The number of aromatic nitrogens is 1. The SMILES string of the molecule is COc1ccc(NC(=O)Cc2csc(SCC(=O)Nc3cccc4ccccc34)n2)c(OC)c1. The van der Waals surface area contributed by atoms with Crippen LogP contribution in [-0.2, 0) is 16.0 Å². The number of rotatable bonds is 9. The third-order valence-corrected chi connectivity index (χ3v) is 7.02. The minimum atomic E-state index is -0.209. The second kappa shape index (κ2) is 11.0. The molecule has 34 heavy (non-hydrogen) atoms. The zero-order valence-corrected chi connectivity index (χ0v) is 20.3. The van der Waals surface area contributed by atoms with E-state index in [4.69, 9.17) is 9.47 Å². The lowest BCUT2D eigenvalue weighted by Gasteiger charge is -2.11. The maximum absolute atomic E-state index is 12.5. The summed E-state index contributed by atoms with van der Waals surface area (Å²) in [4.78, 5) is 29.4. The fourth-order valence-corrected chi connectivity index (χ4v) is 4.99. The number of thioether (sulfide) groups is 1. The first-order valence-electron chi connectivity index (χ1n) is 10.4. The molecule has 0 aliphatic carbocycles. The maximum Gasteiger partial charge on any atom is 0.234 e. The van der Waals surface area contributed by atoms with Gasteiger partial charge in [0.15, 0.2) is 4.34 Å². The molecule has 0 fully saturated rings. The summed E-state index contributed by atoms with van der Waals surface area (Å²) in [5, 5.41) is 9.71. The highest BCUT2D eigenvalue weighted by atomic mass is 32.2. The summed E-state index contributed by atoms with van der Waals surface area (Å²) in [6, 6.07) is 18.9. The normalized spacial score (nSPS) is 10.6. The van der Waals surface area contributed by atoms with Crippen LogP contribution in [0.3, 0.4) is 0 Å². The van der Waals surface area contributed by atoms with Crippen LogP contribution in [0.2, 0.25) is 0 Å². The van der Waals surface area contributed by atoms with Gasteiger partial charge in [-0.2, -0.15) is 0 Å². The molecule has 0 spiro atoms. The molecule has 7 nitrogen and oxygen atoms in total. The van der Waals surface area contributed by atoms with E-state index < -0.39 is 0 Å². The molecule has 3 aromatic carbocycles. The van der Waals surface area contributed by atoms with Gasteiger partial charge in [0.1, 0.15) is 11.5 Å². The highest BCUT2D eigenvalue weighted by Crippen LogP contribution is 2.29. The second-order valence-electron chi connectivity index (χ2n) is 7.26. The third kappa shape index (κ3) is 5.86. The number of ether oxygens (including phenoxy) is 2. The number of hydrogen-bond donors (Lipinski definition) is 2. The van der Waals surface area contributed by atoms with Crippen molar-refractivity contribution in [2.45, 2.75) is 10.8 Å². The fourth-order valence-electron chi connectivity index (χ4n) is 3.34. The number of nitrogens with zero attached hydrogens (tertiary/aromatic N) is 1. The van der Waals surface area contributed by atoms with Crippen molar-refractivity contribution in [3.8, 4) is 11.5 Å². The Morgan fingerprint density at radius 3 is 2.56 bits per heavy atom. The molecule has 0 aliphatic heterocycles. The number of carbonyl (C=O) groups is 2. The van der Waals surface area contributed by atoms with Crippen LogP contribution in [0.5, 0.6) is 11.5 Å². The molecule has 2 amide bonds. The highest BCUT2D eigenvalue weighted by molar-refractivity contribution is 8.01. The number of carbonyl (C=O) groups excluding carboxylic acids is 2. The van der Waals surface area contributed by atoms with Crippen LogP contribution in [-0.4, -0.2) is 36.8 Å². The second-order valence-corrected chi connectivity index (χ2v) is 9.34. The van der Waals surface area contributed by atoms with Gasteiger partial charge in [0.2, 0.25) is 11.8 Å². The number of methoxy groups -OCH3 is 2. The third-order valence-electron chi connectivity index (χ3n) is 4.95. The van der Waals surface area contributed by atoms with Gasteiger partial charge in [0, 0.05) is 22.5 Å². The van der Waals surface area contributed by atoms with Crippen LogP contribution in [0.25, 0.3) is 10.8 Å². The van der Waals surface area contributed by atoms with Gasteiger partial charge in [0.05, 0.1) is 37.8 Å². The Morgan fingerprint density at radius 2 is 1.74 bits per heavy atom. The Labute approximate surface area is 205 Å². The molecular formula is C25H23N3O4S2. The van der Waals surface area contributed by atoms with Gasteiger partial charge in [-0.1, -0.05) is 48.2 Å². The monoisotopic (exact) mass is 493 g/mol. The molecule has 0 aliphatic rings. The van der Waals surface area contributed by atoms with Gasteiger partial charge >= 0.3 is 0 Å². The van der Waals surface area contributed by atoms with Crippen molar-refractivity contribution in [3.63, 3.8) is 0 Å². The predicted molar refractivity (Wildman–Crippen MR) is 137 cm³/mol. The van der Waals surface area contributed by atoms with Gasteiger partial charge < -0.3 is 20.1 Å². The van der Waals surface area contributed by atoms with Crippen molar-refractivity contribution < 1.29 is 19.1 Å². The van der Waals surface area contributed by atoms with E-state index in [1.807, 2.05) is 47.8 Å². The Morgan fingerprint density at radius 1 is 0.941 bits per heavy atom. The molecule has 0 unspecified atom stereocenters. The lowest BCUT2D eigenvalue weighted by molar-refractivity contribution is -0.116. The molecule has 9 heteroatoms. The first kappa shape index (κ1) is 23.6. The Kier molecular flexibility index (Phi) is 7.66. The van der Waals surface area contributed by atoms with Crippen molar-refractivity contribution in [2.75, 3.05) is 30.6 Å². The standard InChI is InChI=1S/C25H23N3O4S2/c1-31-18-10-11-21(22(13-18)32-2)28-23(29)12-17-14-33-25(26-17)34-15-24(30)27-20-9-5-7-16-6-3-4-8-19(16)20/h3-11,13-14H,12,15H2,1-2H3,(H,27,30)(H,28,29). The van der Waals surface area contributed by atoms with Crippen molar-refractivity contribution >= 4 is 57.1 Å². The molecule has 174 valence electrons. The van der Waals surface area contributed by atoms with E-state index in [1.165, 1.54) is 30.2 Å². The highest BCUT2D eigenvalue weighted by Gasteiger charge is 2.13. The van der Waals surface area contributed by atoms with E-state index in [1.54, 1.807) is 25.3 Å². The summed E-state index contributed by atoms with van der Waals surface area (Å²) in [5.74, 6) is 1.06. The van der Waals surface area contributed by atoms with Crippen molar-refractivity contribution in [3.05, 3.63) is 71.7 Å². The summed E-state index contributed by atoms with van der Waals surface area (Å²) in [6.07, 6.45) is 0.119. The minimum absolute atomic E-state index is 0.109. The van der Waals surface area contributed by atoms with Crippen LogP contribution in [0.1, 0.15) is 5.69 Å². The summed E-state index contributed by atoms with van der Waals surface area (Å²) in [5.41, 5.74) is 1.99. The maximum atomic E-state index is 12.5. The predicted octanol–water partition coefficient (Wildman–Crippen LogP) is 5.23. The van der Waals surface area contributed by atoms with E-state index in [0.29, 0.717) is 22.9 Å². The molecule has 0 saturated carbocycles. The van der Waals surface area contributed by atoms with Crippen LogP contribution < -0.4 is 20.1 Å². The molecule has 0 radical (unpaired) electrons. The molecular weight excluding hydrogens is 470 g/mol. The number of nitrogens with one attached hydrogen (secondary N) is 2. The van der Waals surface area contributed by atoms with Gasteiger partial charge in [-0.05, 0) is 23.6 Å². The van der Waals surface area contributed by atoms with Crippen molar-refractivity contribution in [1.82, 2.24) is 4.98 Å². The van der Waals surface area contributed by atoms with Gasteiger partial charge in [0.25, 0.3) is 0 Å². The summed E-state index contributed by atoms with van der Waals surface area (Å²) < 4.78 is 11.2. The van der Waals surface area contributed by atoms with E-state index in [-0.39, 0.29) is 24.0 Å². The molecule has 1 heterocycles. The number of thiazole rings is 1. The average Bonchev–Trinajstić information content (AvgIpc) is 3.30. The Bertz CT molecular complexity index is 1320. The van der Waals surface area contributed by atoms with Crippen molar-refractivity contribution in [2.24, 2.45) is 0 Å². The summed E-state index contributed by atoms with van der Waals surface area (Å²) >= 11 is 2.76. The first-order chi connectivity index (χ1) is 16.6. The quantitative estimate of drug-likeness (QED) is 0.311. The molecule has 4 aromatic rings. The summed E-state index contributed by atoms with van der Waals surface area (Å²) in [7, 11) is 3.10. The van der Waals surface area contributed by atoms with Gasteiger partial charge in [-0.25, -0.2) is 4.98 Å². The smallest absolute Gasteiger partial charge is 0.234 e. The average molecular weight is 494 g/mol. The van der Waals surface area contributed by atoms with Crippen LogP contribution in [0, 0.1) is 0 Å². The summed E-state index contributed by atoms with van der Waals surface area (Å²) in [6.45, 7) is 0. The Balaban J connectivity index is 1.30. The molecule has 0 bridgehead atoms. The van der Waals surface area contributed by atoms with Crippen molar-refractivity contribution in [1.29, 1.82) is 0 Å². The molecule has 0 atom stereocenters. The largest absolute Gasteiger partial charge is 0.497 e. The van der Waals surface area contributed by atoms with Crippen LogP contribution in [0.4, 0.5) is 11.4 Å². The van der Waals surface area contributed by atoms with Gasteiger partial charge in [-0.15, -0.1) is 11.3 Å². The first-order valence-corrected chi connectivity index (χ1v) is 12.3. The van der Waals surface area contributed by atoms with E-state index in [9.17, 15) is 9.59 Å². The number of amides is 2. The molecule has 0 saturated heterocycles. The zero-order valence-electron chi connectivity index (χ0n) is 18.7. The van der Waals surface area contributed by atoms with Gasteiger partial charge in [-0.3, -0.25) is 9.59 Å². The van der Waals surface area contributed by atoms with Crippen LogP contribution >= 0.6 is 23.1 Å². The lowest BCUT2D eigenvalue weighted by atomic mass is 10.1. The minimum Gasteiger partial charge on any atom is -0.497 e. The van der Waals surface area contributed by atoms with E-state index in [2.05, 4.69) is 15.6 Å². The molecule has 2 N–H and O–H groups in total. The van der Waals surface area contributed by atoms with Crippen LogP contribution in [0.15, 0.2) is 70.4 Å². The molecule has 1 aromatic heterocycles.